The Morgan fingerprint density at radius 2 is 1.77 bits per heavy atom. The summed E-state index contributed by atoms with van der Waals surface area (Å²) < 4.78 is 31.2. The number of sulfonamides is 1. The number of para-hydroxylation sites is 1. The molecule has 0 aromatic heterocycles. The number of benzene rings is 2. The van der Waals surface area contributed by atoms with Gasteiger partial charge >= 0.3 is 0 Å². The first-order valence-electron chi connectivity index (χ1n) is 7.82. The number of hydrogen-bond acceptors (Lipinski definition) is 4. The summed E-state index contributed by atoms with van der Waals surface area (Å²) in [5.74, 6) is -0.0782. The zero-order chi connectivity index (χ0) is 19.5. The van der Waals surface area contributed by atoms with Crippen LogP contribution in [0.4, 0.5) is 11.4 Å². The van der Waals surface area contributed by atoms with E-state index in [1.54, 1.807) is 43.4 Å². The highest BCUT2D eigenvalue weighted by atomic mass is 35.5. The van der Waals surface area contributed by atoms with E-state index in [2.05, 4.69) is 0 Å². The summed E-state index contributed by atoms with van der Waals surface area (Å²) in [6.45, 7) is 1.53. The number of amides is 1. The molecular formula is C18H21ClN2O4S. The van der Waals surface area contributed by atoms with Crippen molar-refractivity contribution in [2.75, 3.05) is 29.6 Å². The molecule has 1 amide bonds. The van der Waals surface area contributed by atoms with Gasteiger partial charge in [0.05, 0.1) is 19.1 Å². The lowest BCUT2D eigenvalue weighted by Gasteiger charge is -2.32. The first-order chi connectivity index (χ1) is 12.2. The molecule has 0 saturated heterocycles. The van der Waals surface area contributed by atoms with E-state index in [1.165, 1.54) is 25.0 Å². The van der Waals surface area contributed by atoms with Gasteiger partial charge in [-0.3, -0.25) is 9.10 Å². The van der Waals surface area contributed by atoms with E-state index in [1.807, 2.05) is 6.07 Å². The van der Waals surface area contributed by atoms with Gasteiger partial charge < -0.3 is 9.64 Å². The highest BCUT2D eigenvalue weighted by Crippen LogP contribution is 2.34. The molecule has 0 heterocycles. The largest absolute Gasteiger partial charge is 0.495 e. The van der Waals surface area contributed by atoms with Gasteiger partial charge in [0, 0.05) is 17.8 Å². The predicted octanol–water partition coefficient (Wildman–Crippen LogP) is 3.17. The normalized spacial score (nSPS) is 12.3. The molecule has 0 bridgehead atoms. The summed E-state index contributed by atoms with van der Waals surface area (Å²) in [7, 11) is -0.753. The van der Waals surface area contributed by atoms with Crippen LogP contribution in [0.2, 0.25) is 5.02 Å². The van der Waals surface area contributed by atoms with Crippen molar-refractivity contribution < 1.29 is 17.9 Å². The molecular weight excluding hydrogens is 376 g/mol. The van der Waals surface area contributed by atoms with Gasteiger partial charge in [0.1, 0.15) is 11.8 Å². The van der Waals surface area contributed by atoms with Crippen LogP contribution in [0.25, 0.3) is 0 Å². The van der Waals surface area contributed by atoms with Crippen LogP contribution in [0.5, 0.6) is 5.75 Å². The monoisotopic (exact) mass is 396 g/mol. The number of halogens is 1. The van der Waals surface area contributed by atoms with E-state index in [0.29, 0.717) is 16.5 Å². The third kappa shape index (κ3) is 4.28. The van der Waals surface area contributed by atoms with Crippen molar-refractivity contribution >= 4 is 38.9 Å². The summed E-state index contributed by atoms with van der Waals surface area (Å²) in [6.07, 6.45) is 1.04. The van der Waals surface area contributed by atoms with Gasteiger partial charge in [-0.1, -0.05) is 29.8 Å². The lowest BCUT2D eigenvalue weighted by Crippen LogP contribution is -2.48. The fourth-order valence-corrected chi connectivity index (χ4v) is 4.00. The third-order valence-electron chi connectivity index (χ3n) is 3.92. The molecule has 1 unspecified atom stereocenters. The highest BCUT2D eigenvalue weighted by Gasteiger charge is 2.33. The summed E-state index contributed by atoms with van der Waals surface area (Å²) >= 11 is 6.04. The Kier molecular flexibility index (Phi) is 6.15. The molecule has 0 spiro atoms. The van der Waals surface area contributed by atoms with Gasteiger partial charge in [-0.15, -0.1) is 0 Å². The average molecular weight is 397 g/mol. The number of methoxy groups -OCH3 is 1. The van der Waals surface area contributed by atoms with Gasteiger partial charge in [-0.25, -0.2) is 8.42 Å². The number of likely N-dealkylation sites (N-methyl/N-ethyl adjacent to an activating group) is 1. The van der Waals surface area contributed by atoms with E-state index < -0.39 is 16.1 Å². The molecule has 0 aliphatic heterocycles. The minimum absolute atomic E-state index is 0.213. The number of rotatable bonds is 6. The van der Waals surface area contributed by atoms with Crippen LogP contribution in [-0.4, -0.2) is 40.8 Å². The standard InChI is InChI=1S/C18H21ClN2O4S/c1-13(18(22)20(2)15-8-6-5-7-9-15)21(26(4,23)24)16-12-14(19)10-11-17(16)25-3/h5-13H,1-4H3. The van der Waals surface area contributed by atoms with Crippen molar-refractivity contribution in [1.82, 2.24) is 0 Å². The van der Waals surface area contributed by atoms with Crippen molar-refractivity contribution in [3.05, 3.63) is 53.6 Å². The topological polar surface area (TPSA) is 66.9 Å². The van der Waals surface area contributed by atoms with Crippen LogP contribution in [0, 0.1) is 0 Å². The van der Waals surface area contributed by atoms with Crippen LogP contribution >= 0.6 is 11.6 Å². The van der Waals surface area contributed by atoms with Gasteiger partial charge in [0.25, 0.3) is 0 Å². The Labute approximate surface area is 159 Å². The fourth-order valence-electron chi connectivity index (χ4n) is 2.67. The summed E-state index contributed by atoms with van der Waals surface area (Å²) in [5, 5.41) is 0.338. The van der Waals surface area contributed by atoms with Crippen molar-refractivity contribution in [2.45, 2.75) is 13.0 Å². The van der Waals surface area contributed by atoms with Crippen LogP contribution in [0.1, 0.15) is 6.92 Å². The van der Waals surface area contributed by atoms with Crippen LogP contribution < -0.4 is 13.9 Å². The molecule has 2 aromatic rings. The van der Waals surface area contributed by atoms with Gasteiger partial charge in [-0.2, -0.15) is 0 Å². The van der Waals surface area contributed by atoms with Crippen molar-refractivity contribution in [3.63, 3.8) is 0 Å². The Balaban J connectivity index is 2.48. The Morgan fingerprint density at radius 1 is 1.15 bits per heavy atom. The van der Waals surface area contributed by atoms with Gasteiger partial charge in [-0.05, 0) is 37.3 Å². The van der Waals surface area contributed by atoms with Gasteiger partial charge in [0.15, 0.2) is 0 Å². The second-order valence-corrected chi connectivity index (χ2v) is 8.08. The first-order valence-corrected chi connectivity index (χ1v) is 10.0. The van der Waals surface area contributed by atoms with Gasteiger partial charge in [0.2, 0.25) is 15.9 Å². The SMILES string of the molecule is COc1ccc(Cl)cc1N(C(C)C(=O)N(C)c1ccccc1)S(C)(=O)=O. The van der Waals surface area contributed by atoms with Crippen molar-refractivity contribution in [2.24, 2.45) is 0 Å². The minimum atomic E-state index is -3.78. The maximum absolute atomic E-state index is 12.9. The molecule has 0 saturated carbocycles. The first kappa shape index (κ1) is 20.1. The van der Waals surface area contributed by atoms with E-state index in [0.717, 1.165) is 10.6 Å². The Morgan fingerprint density at radius 3 is 2.31 bits per heavy atom. The summed E-state index contributed by atoms with van der Waals surface area (Å²) in [5.41, 5.74) is 0.876. The molecule has 2 rings (SSSR count). The number of anilines is 2. The molecule has 8 heteroatoms. The minimum Gasteiger partial charge on any atom is -0.495 e. The molecule has 0 fully saturated rings. The lowest BCUT2D eigenvalue weighted by atomic mass is 10.2. The second-order valence-electron chi connectivity index (χ2n) is 5.78. The smallest absolute Gasteiger partial charge is 0.250 e. The quantitative estimate of drug-likeness (QED) is 0.752. The molecule has 1 atom stereocenters. The van der Waals surface area contributed by atoms with E-state index >= 15 is 0 Å². The molecule has 6 nitrogen and oxygen atoms in total. The maximum Gasteiger partial charge on any atom is 0.250 e. The van der Waals surface area contributed by atoms with E-state index in [-0.39, 0.29) is 11.6 Å². The highest BCUT2D eigenvalue weighted by molar-refractivity contribution is 7.92. The van der Waals surface area contributed by atoms with Crippen LogP contribution in [0.15, 0.2) is 48.5 Å². The molecule has 140 valence electrons. The second kappa shape index (κ2) is 7.97. The molecule has 26 heavy (non-hydrogen) atoms. The van der Waals surface area contributed by atoms with E-state index in [4.69, 9.17) is 16.3 Å². The molecule has 0 radical (unpaired) electrons. The Hall–Kier alpha value is -2.25. The van der Waals surface area contributed by atoms with Crippen molar-refractivity contribution in [1.29, 1.82) is 0 Å². The van der Waals surface area contributed by atoms with Crippen molar-refractivity contribution in [3.8, 4) is 5.75 Å². The predicted molar refractivity (Wildman–Crippen MR) is 105 cm³/mol. The van der Waals surface area contributed by atoms with Crippen LogP contribution in [0.3, 0.4) is 0 Å². The number of ether oxygens (including phenoxy) is 1. The molecule has 2 aromatic carbocycles. The molecule has 0 aliphatic carbocycles. The lowest BCUT2D eigenvalue weighted by molar-refractivity contribution is -0.119. The summed E-state index contributed by atoms with van der Waals surface area (Å²) in [6, 6.07) is 12.6. The third-order valence-corrected chi connectivity index (χ3v) is 5.38. The summed E-state index contributed by atoms with van der Waals surface area (Å²) in [4.78, 5) is 14.4. The Bertz CT molecular complexity index is 887. The zero-order valence-electron chi connectivity index (χ0n) is 15.0. The number of carbonyl (C=O) groups is 1. The maximum atomic E-state index is 12.9. The fraction of sp³-hybridized carbons (Fsp3) is 0.278. The van der Waals surface area contributed by atoms with E-state index in [9.17, 15) is 13.2 Å². The van der Waals surface area contributed by atoms with Crippen LogP contribution in [-0.2, 0) is 14.8 Å². The average Bonchev–Trinajstić information content (AvgIpc) is 2.60. The molecule has 0 N–H and O–H groups in total. The number of nitrogens with zero attached hydrogens (tertiary/aromatic N) is 2. The number of hydrogen-bond donors (Lipinski definition) is 0. The zero-order valence-corrected chi connectivity index (χ0v) is 16.6. The molecule has 0 aliphatic rings. The number of carbonyl (C=O) groups excluding carboxylic acids is 1.